The van der Waals surface area contributed by atoms with E-state index in [1.165, 1.54) is 120 Å². The van der Waals surface area contributed by atoms with Crippen molar-refractivity contribution in [2.24, 2.45) is 0 Å². The van der Waals surface area contributed by atoms with Gasteiger partial charge in [-0.3, -0.25) is 0 Å². The molecule has 4 heteroatoms. The molecule has 0 radical (unpaired) electrons. The quantitative estimate of drug-likeness (QED) is 0.121. The van der Waals surface area contributed by atoms with Gasteiger partial charge >= 0.3 is 0 Å². The van der Waals surface area contributed by atoms with Gasteiger partial charge in [-0.25, -0.2) is 0 Å². The number of hydrogen-bond donors (Lipinski definition) is 0. The molecule has 3 aromatic heterocycles. The number of aromatic nitrogens is 3. The van der Waals surface area contributed by atoms with Crippen LogP contribution in [0.5, 0.6) is 0 Å². The molecule has 2 aliphatic heterocycles. The third kappa shape index (κ3) is 3.08. The van der Waals surface area contributed by atoms with E-state index in [0.717, 1.165) is 0 Å². The molecule has 54 heavy (non-hydrogen) atoms. The van der Waals surface area contributed by atoms with E-state index in [0.29, 0.717) is 0 Å². The van der Waals surface area contributed by atoms with E-state index >= 15 is 0 Å². The fourth-order valence-corrected chi connectivity index (χ4v) is 10.8. The van der Waals surface area contributed by atoms with Gasteiger partial charge in [0.1, 0.15) is 0 Å². The molecule has 0 saturated heterocycles. The van der Waals surface area contributed by atoms with Crippen LogP contribution in [0.4, 0.5) is 0 Å². The van der Waals surface area contributed by atoms with Crippen LogP contribution in [0.2, 0.25) is 0 Å². The van der Waals surface area contributed by atoms with Crippen molar-refractivity contribution in [1.29, 1.82) is 0 Å². The van der Waals surface area contributed by atoms with Crippen LogP contribution in [0.1, 0.15) is 0 Å². The molecule has 0 spiro atoms. The van der Waals surface area contributed by atoms with Crippen LogP contribution in [0, 0.1) is 0 Å². The second-order valence-electron chi connectivity index (χ2n) is 15.2. The largest absolute Gasteiger partial charge is 0.310 e. The van der Waals surface area contributed by atoms with Gasteiger partial charge in [-0.05, 0) is 80.4 Å². The summed E-state index contributed by atoms with van der Waals surface area (Å²) in [5.74, 6) is 0. The molecule has 3 nitrogen and oxygen atoms in total. The summed E-state index contributed by atoms with van der Waals surface area (Å²) in [6, 6.07) is 63.7. The Bertz CT molecular complexity index is 3670. The standard InChI is InChI=1S/C50H28BN3/c1-2-14-30(15-3-1)52-40-20-9-6-17-32(40)37-28-39-50-46(48(37)52)35-19-8-11-22-42(35)54(50)44-24-12-23-43-47(44)51(39)38-27-36-31-16-5-4-13-29(31)25-26-33(36)45-34-18-7-10-21-41(34)53(43)49(38)45/h1-28H. The lowest BCUT2D eigenvalue weighted by atomic mass is 9.34. The van der Waals surface area contributed by atoms with Gasteiger partial charge in [-0.1, -0.05) is 127 Å². The van der Waals surface area contributed by atoms with Gasteiger partial charge in [-0.2, -0.15) is 0 Å². The predicted molar refractivity (Wildman–Crippen MR) is 229 cm³/mol. The molecule has 0 fully saturated rings. The lowest BCUT2D eigenvalue weighted by Gasteiger charge is -2.34. The summed E-state index contributed by atoms with van der Waals surface area (Å²) in [6.45, 7) is 0.0430. The van der Waals surface area contributed by atoms with Crippen molar-refractivity contribution in [3.05, 3.63) is 170 Å². The minimum Gasteiger partial charge on any atom is -0.310 e. The maximum absolute atomic E-state index is 2.59. The average Bonchev–Trinajstić information content (AvgIpc) is 3.88. The van der Waals surface area contributed by atoms with Crippen LogP contribution in [-0.4, -0.2) is 20.4 Å². The Kier molecular flexibility index (Phi) is 4.85. The highest BCUT2D eigenvalue weighted by Gasteiger charge is 2.42. The maximum Gasteiger partial charge on any atom is 0.252 e. The van der Waals surface area contributed by atoms with Crippen molar-refractivity contribution < 1.29 is 0 Å². The first-order valence-corrected chi connectivity index (χ1v) is 18.9. The van der Waals surface area contributed by atoms with Crippen molar-refractivity contribution in [3.8, 4) is 17.1 Å². The fraction of sp³-hybridized carbons (Fsp3) is 0. The van der Waals surface area contributed by atoms with Crippen molar-refractivity contribution in [3.63, 3.8) is 0 Å². The summed E-state index contributed by atoms with van der Waals surface area (Å²) in [5, 5.41) is 13.1. The minimum atomic E-state index is 0.0430. The first-order chi connectivity index (χ1) is 26.8. The SMILES string of the molecule is c1ccc(-n2c3ccccc3c3cc4c5c(c6ccccc6n5-c5cccc6c5B4c4cc5c7ccccc7ccc5c5c7ccccc7n-6c45)c32)cc1. The third-order valence-electron chi connectivity index (χ3n) is 12.8. The van der Waals surface area contributed by atoms with Gasteiger partial charge in [0, 0.05) is 49.4 Å². The summed E-state index contributed by atoms with van der Waals surface area (Å²) in [7, 11) is 0. The highest BCUT2D eigenvalue weighted by Crippen LogP contribution is 2.45. The summed E-state index contributed by atoms with van der Waals surface area (Å²) in [4.78, 5) is 0. The maximum atomic E-state index is 2.59. The molecule has 2 aliphatic rings. The zero-order valence-electron chi connectivity index (χ0n) is 29.1. The van der Waals surface area contributed by atoms with Crippen molar-refractivity contribution in [1.82, 2.24) is 13.7 Å². The van der Waals surface area contributed by atoms with Crippen LogP contribution in [0.25, 0.3) is 104 Å². The molecule has 5 heterocycles. The van der Waals surface area contributed by atoms with Gasteiger partial charge in [-0.15, -0.1) is 0 Å². The van der Waals surface area contributed by atoms with Crippen LogP contribution < -0.4 is 16.4 Å². The Hall–Kier alpha value is -7.04. The van der Waals surface area contributed by atoms with Gasteiger partial charge in [0.05, 0.1) is 33.1 Å². The number of benzene rings is 9. The molecule has 0 aliphatic carbocycles. The monoisotopic (exact) mass is 681 g/mol. The van der Waals surface area contributed by atoms with E-state index in [-0.39, 0.29) is 6.71 Å². The van der Waals surface area contributed by atoms with E-state index in [1.807, 2.05) is 0 Å². The smallest absolute Gasteiger partial charge is 0.252 e. The van der Waals surface area contributed by atoms with Crippen molar-refractivity contribution in [2.45, 2.75) is 0 Å². The summed E-state index contributed by atoms with van der Waals surface area (Å²) in [6.07, 6.45) is 0. The van der Waals surface area contributed by atoms with Gasteiger partial charge in [0.25, 0.3) is 6.71 Å². The second kappa shape index (κ2) is 9.49. The Morgan fingerprint density at radius 3 is 1.61 bits per heavy atom. The number of nitrogens with zero attached hydrogens (tertiary/aromatic N) is 3. The lowest BCUT2D eigenvalue weighted by Crippen LogP contribution is -2.59. The number of fused-ring (bicyclic) bond motifs is 18. The lowest BCUT2D eigenvalue weighted by molar-refractivity contribution is 1.14. The van der Waals surface area contributed by atoms with Crippen molar-refractivity contribution >= 4 is 110 Å². The summed E-state index contributed by atoms with van der Waals surface area (Å²) < 4.78 is 7.68. The first kappa shape index (κ1) is 27.6. The molecule has 0 unspecified atom stereocenters. The molecule has 0 N–H and O–H groups in total. The summed E-state index contributed by atoms with van der Waals surface area (Å²) >= 11 is 0. The Balaban J connectivity index is 1.26. The topological polar surface area (TPSA) is 14.8 Å². The zero-order chi connectivity index (χ0) is 34.8. The third-order valence-corrected chi connectivity index (χ3v) is 12.8. The molecule has 0 amide bonds. The van der Waals surface area contributed by atoms with E-state index in [1.54, 1.807) is 0 Å². The van der Waals surface area contributed by atoms with Crippen LogP contribution in [0.3, 0.4) is 0 Å². The molecule has 0 bridgehead atoms. The van der Waals surface area contributed by atoms with Crippen LogP contribution >= 0.6 is 0 Å². The van der Waals surface area contributed by atoms with E-state index < -0.39 is 0 Å². The Labute approximate surface area is 309 Å². The van der Waals surface area contributed by atoms with E-state index in [2.05, 4.69) is 184 Å². The predicted octanol–water partition coefficient (Wildman–Crippen LogP) is 10.4. The first-order valence-electron chi connectivity index (χ1n) is 18.9. The van der Waals surface area contributed by atoms with Crippen LogP contribution in [-0.2, 0) is 0 Å². The Morgan fingerprint density at radius 2 is 0.889 bits per heavy atom. The molecular weight excluding hydrogens is 653 g/mol. The van der Waals surface area contributed by atoms with Gasteiger partial charge < -0.3 is 13.7 Å². The Morgan fingerprint density at radius 1 is 0.333 bits per heavy atom. The highest BCUT2D eigenvalue weighted by atomic mass is 15.0. The zero-order valence-corrected chi connectivity index (χ0v) is 29.1. The normalized spacial score (nSPS) is 13.1. The second-order valence-corrected chi connectivity index (χ2v) is 15.2. The molecule has 246 valence electrons. The molecule has 12 aromatic rings. The number of rotatable bonds is 1. The molecule has 14 rings (SSSR count). The molecule has 0 saturated carbocycles. The minimum absolute atomic E-state index is 0.0430. The molecule has 9 aromatic carbocycles. The molecular formula is C50H28BN3. The van der Waals surface area contributed by atoms with Crippen LogP contribution in [0.15, 0.2) is 170 Å². The van der Waals surface area contributed by atoms with E-state index in [4.69, 9.17) is 0 Å². The summed E-state index contributed by atoms with van der Waals surface area (Å²) in [5.41, 5.74) is 15.5. The van der Waals surface area contributed by atoms with Crippen molar-refractivity contribution in [2.75, 3.05) is 0 Å². The fourth-order valence-electron chi connectivity index (χ4n) is 10.8. The molecule has 0 atom stereocenters. The van der Waals surface area contributed by atoms with Gasteiger partial charge in [0.15, 0.2) is 0 Å². The number of hydrogen-bond acceptors (Lipinski definition) is 0. The van der Waals surface area contributed by atoms with E-state index in [9.17, 15) is 0 Å². The van der Waals surface area contributed by atoms with Gasteiger partial charge in [0.2, 0.25) is 0 Å². The number of para-hydroxylation sites is 4. The average molecular weight is 682 g/mol. The highest BCUT2D eigenvalue weighted by molar-refractivity contribution is 7.00.